The van der Waals surface area contributed by atoms with Crippen LogP contribution in [0.2, 0.25) is 0 Å². The van der Waals surface area contributed by atoms with Crippen LogP contribution in [0.1, 0.15) is 44.9 Å². The van der Waals surface area contributed by atoms with Crippen molar-refractivity contribution in [2.24, 2.45) is 0 Å². The fourth-order valence-electron chi connectivity index (χ4n) is 2.98. The van der Waals surface area contributed by atoms with Crippen LogP contribution in [0.4, 0.5) is 0 Å². The minimum Gasteiger partial charge on any atom is -0.377 e. The minimum absolute atomic E-state index is 0.189. The van der Waals surface area contributed by atoms with E-state index < -0.39 is 0 Å². The van der Waals surface area contributed by atoms with Crippen LogP contribution in [0, 0.1) is 0 Å². The van der Waals surface area contributed by atoms with E-state index in [-0.39, 0.29) is 5.60 Å². The van der Waals surface area contributed by atoms with Gasteiger partial charge in [-0.1, -0.05) is 19.3 Å². The predicted octanol–water partition coefficient (Wildman–Crippen LogP) is 2.09. The van der Waals surface area contributed by atoms with Crippen LogP contribution < -0.4 is 5.32 Å². The van der Waals surface area contributed by atoms with Crippen LogP contribution in [0.3, 0.4) is 0 Å². The zero-order valence-corrected chi connectivity index (χ0v) is 8.64. The zero-order chi connectivity index (χ0) is 9.15. The first kappa shape index (κ1) is 9.47. The molecule has 2 rings (SSSR count). The molecule has 1 heterocycles. The van der Waals surface area contributed by atoms with Crippen molar-refractivity contribution in [3.8, 4) is 0 Å². The first-order chi connectivity index (χ1) is 6.37. The van der Waals surface area contributed by atoms with Crippen LogP contribution >= 0.6 is 0 Å². The first-order valence-electron chi connectivity index (χ1n) is 5.66. The lowest BCUT2D eigenvalue weighted by atomic mass is 9.78. The Balaban J connectivity index is 2.03. The number of ether oxygens (including phenoxy) is 1. The summed E-state index contributed by atoms with van der Waals surface area (Å²) >= 11 is 0. The van der Waals surface area contributed by atoms with Gasteiger partial charge in [-0.25, -0.2) is 0 Å². The van der Waals surface area contributed by atoms with E-state index in [1.54, 1.807) is 0 Å². The summed E-state index contributed by atoms with van der Waals surface area (Å²) in [7, 11) is 1.89. The number of hydrogen-bond donors (Lipinski definition) is 1. The standard InChI is InChI=1S/C11H21NO/c1-13-11(7-3-2-4-8-11)10-6-5-9-12-10/h10,12H,2-9H2,1H3/t10-/m0/s1. The highest BCUT2D eigenvalue weighted by molar-refractivity contribution is 4.97. The van der Waals surface area contributed by atoms with Crippen molar-refractivity contribution in [1.29, 1.82) is 0 Å². The number of methoxy groups -OCH3 is 1. The zero-order valence-electron chi connectivity index (χ0n) is 8.64. The Morgan fingerprint density at radius 2 is 1.92 bits per heavy atom. The van der Waals surface area contributed by atoms with E-state index in [2.05, 4.69) is 5.32 Å². The quantitative estimate of drug-likeness (QED) is 0.707. The summed E-state index contributed by atoms with van der Waals surface area (Å²) < 4.78 is 5.80. The number of nitrogens with one attached hydrogen (secondary N) is 1. The van der Waals surface area contributed by atoms with Gasteiger partial charge < -0.3 is 10.1 Å². The van der Waals surface area contributed by atoms with Crippen molar-refractivity contribution in [2.45, 2.75) is 56.6 Å². The van der Waals surface area contributed by atoms with Crippen LogP contribution in [0.15, 0.2) is 0 Å². The number of hydrogen-bond acceptors (Lipinski definition) is 2. The molecule has 76 valence electrons. The molecule has 0 radical (unpaired) electrons. The van der Waals surface area contributed by atoms with Crippen molar-refractivity contribution in [3.63, 3.8) is 0 Å². The molecule has 1 saturated heterocycles. The highest BCUT2D eigenvalue weighted by Crippen LogP contribution is 2.36. The highest BCUT2D eigenvalue weighted by Gasteiger charge is 2.40. The van der Waals surface area contributed by atoms with Gasteiger partial charge in [0, 0.05) is 13.2 Å². The maximum atomic E-state index is 5.80. The van der Waals surface area contributed by atoms with E-state index in [1.807, 2.05) is 7.11 Å². The summed E-state index contributed by atoms with van der Waals surface area (Å²) in [5.74, 6) is 0. The van der Waals surface area contributed by atoms with Gasteiger partial charge in [-0.05, 0) is 32.2 Å². The second-order valence-electron chi connectivity index (χ2n) is 4.48. The Kier molecular flexibility index (Phi) is 2.89. The molecule has 2 heteroatoms. The van der Waals surface area contributed by atoms with Crippen LogP contribution in [-0.4, -0.2) is 25.3 Å². The third-order valence-corrected chi connectivity index (χ3v) is 3.80. The van der Waals surface area contributed by atoms with E-state index in [0.29, 0.717) is 6.04 Å². The summed E-state index contributed by atoms with van der Waals surface area (Å²) in [6.45, 7) is 1.19. The topological polar surface area (TPSA) is 21.3 Å². The lowest BCUT2D eigenvalue weighted by molar-refractivity contribution is -0.0630. The fourth-order valence-corrected chi connectivity index (χ4v) is 2.98. The summed E-state index contributed by atoms with van der Waals surface area (Å²) in [6.07, 6.45) is 9.28. The molecule has 0 spiro atoms. The molecule has 0 bridgehead atoms. The molecular formula is C11H21NO. The molecule has 0 aromatic carbocycles. The van der Waals surface area contributed by atoms with Crippen molar-refractivity contribution in [2.75, 3.05) is 13.7 Å². The van der Waals surface area contributed by atoms with Crippen molar-refractivity contribution >= 4 is 0 Å². The van der Waals surface area contributed by atoms with Gasteiger partial charge in [0.2, 0.25) is 0 Å². The highest BCUT2D eigenvalue weighted by atomic mass is 16.5. The molecule has 0 aromatic rings. The normalized spacial score (nSPS) is 33.5. The van der Waals surface area contributed by atoms with Gasteiger partial charge in [0.15, 0.2) is 0 Å². The largest absolute Gasteiger partial charge is 0.377 e. The van der Waals surface area contributed by atoms with Gasteiger partial charge in [-0.15, -0.1) is 0 Å². The molecule has 13 heavy (non-hydrogen) atoms. The third kappa shape index (κ3) is 1.75. The molecule has 2 nitrogen and oxygen atoms in total. The van der Waals surface area contributed by atoms with Crippen LogP contribution in [0.25, 0.3) is 0 Å². The molecule has 1 aliphatic carbocycles. The molecule has 1 N–H and O–H groups in total. The molecular weight excluding hydrogens is 162 g/mol. The second kappa shape index (κ2) is 3.97. The average Bonchev–Trinajstić information content (AvgIpc) is 2.72. The Labute approximate surface area is 81.0 Å². The Morgan fingerprint density at radius 3 is 2.46 bits per heavy atom. The first-order valence-corrected chi connectivity index (χ1v) is 5.66. The number of rotatable bonds is 2. The Bertz CT molecular complexity index is 157. The monoisotopic (exact) mass is 183 g/mol. The Morgan fingerprint density at radius 1 is 1.15 bits per heavy atom. The van der Waals surface area contributed by atoms with Crippen molar-refractivity contribution in [1.82, 2.24) is 5.32 Å². The van der Waals surface area contributed by atoms with E-state index >= 15 is 0 Å². The second-order valence-corrected chi connectivity index (χ2v) is 4.48. The smallest absolute Gasteiger partial charge is 0.0830 e. The van der Waals surface area contributed by atoms with E-state index in [4.69, 9.17) is 4.74 Å². The van der Waals surface area contributed by atoms with E-state index in [1.165, 1.54) is 51.5 Å². The van der Waals surface area contributed by atoms with Gasteiger partial charge in [0.05, 0.1) is 5.60 Å². The maximum Gasteiger partial charge on any atom is 0.0830 e. The third-order valence-electron chi connectivity index (χ3n) is 3.80. The molecule has 0 unspecified atom stereocenters. The van der Waals surface area contributed by atoms with Gasteiger partial charge >= 0.3 is 0 Å². The lowest BCUT2D eigenvalue weighted by Crippen LogP contribution is -2.50. The molecule has 0 amide bonds. The van der Waals surface area contributed by atoms with Gasteiger partial charge in [-0.3, -0.25) is 0 Å². The molecule has 1 atom stereocenters. The maximum absolute atomic E-state index is 5.80. The molecule has 1 saturated carbocycles. The van der Waals surface area contributed by atoms with E-state index in [0.717, 1.165) is 0 Å². The molecule has 2 aliphatic rings. The van der Waals surface area contributed by atoms with Gasteiger partial charge in [-0.2, -0.15) is 0 Å². The average molecular weight is 183 g/mol. The summed E-state index contributed by atoms with van der Waals surface area (Å²) in [6, 6.07) is 0.637. The van der Waals surface area contributed by atoms with Gasteiger partial charge in [0.1, 0.15) is 0 Å². The Hall–Kier alpha value is -0.0800. The van der Waals surface area contributed by atoms with Gasteiger partial charge in [0.25, 0.3) is 0 Å². The van der Waals surface area contributed by atoms with E-state index in [9.17, 15) is 0 Å². The fraction of sp³-hybridized carbons (Fsp3) is 1.00. The van der Waals surface area contributed by atoms with Crippen molar-refractivity contribution < 1.29 is 4.74 Å². The van der Waals surface area contributed by atoms with Crippen LogP contribution in [0.5, 0.6) is 0 Å². The SMILES string of the molecule is COC1([C@@H]2CCCN2)CCCCC1. The van der Waals surface area contributed by atoms with Crippen LogP contribution in [-0.2, 0) is 4.74 Å². The molecule has 0 aromatic heterocycles. The molecule has 2 fully saturated rings. The molecule has 1 aliphatic heterocycles. The predicted molar refractivity (Wildman–Crippen MR) is 53.8 cm³/mol. The summed E-state index contributed by atoms with van der Waals surface area (Å²) in [4.78, 5) is 0. The summed E-state index contributed by atoms with van der Waals surface area (Å²) in [5.41, 5.74) is 0.189. The summed E-state index contributed by atoms with van der Waals surface area (Å²) in [5, 5.41) is 3.59. The van der Waals surface area contributed by atoms with Crippen molar-refractivity contribution in [3.05, 3.63) is 0 Å². The lowest BCUT2D eigenvalue weighted by Gasteiger charge is -2.41. The minimum atomic E-state index is 0.189.